The first kappa shape index (κ1) is 19.5. The first-order valence-electron chi connectivity index (χ1n) is 8.63. The summed E-state index contributed by atoms with van der Waals surface area (Å²) in [7, 11) is 1.81. The van der Waals surface area contributed by atoms with Gasteiger partial charge in [-0.15, -0.1) is 0 Å². The average molecular weight is 355 g/mol. The van der Waals surface area contributed by atoms with E-state index in [1.165, 1.54) is 0 Å². The summed E-state index contributed by atoms with van der Waals surface area (Å²) in [5.41, 5.74) is 1.87. The van der Waals surface area contributed by atoms with E-state index in [4.69, 9.17) is 4.74 Å². The molecule has 0 aliphatic heterocycles. The van der Waals surface area contributed by atoms with Crippen LogP contribution in [-0.4, -0.2) is 32.0 Å². The monoisotopic (exact) mass is 355 g/mol. The molecule has 0 bridgehead atoms. The normalized spacial score (nSPS) is 11.5. The van der Waals surface area contributed by atoms with Crippen LogP contribution >= 0.6 is 0 Å². The summed E-state index contributed by atoms with van der Waals surface area (Å²) in [6.45, 7) is 4.98. The fourth-order valence-corrected chi connectivity index (χ4v) is 2.37. The third-order valence-corrected chi connectivity index (χ3v) is 3.80. The third kappa shape index (κ3) is 5.60. The van der Waals surface area contributed by atoms with Crippen LogP contribution in [0.1, 0.15) is 24.2 Å². The Bertz CT molecular complexity index is 727. The number of rotatable bonds is 8. The van der Waals surface area contributed by atoms with Crippen molar-refractivity contribution in [1.82, 2.24) is 5.32 Å². The summed E-state index contributed by atoms with van der Waals surface area (Å²) in [5.74, 6) is 0.349. The Balaban J connectivity index is 1.94. The van der Waals surface area contributed by atoms with Gasteiger partial charge in [0.25, 0.3) is 5.91 Å². The van der Waals surface area contributed by atoms with Gasteiger partial charge in [-0.05, 0) is 62.5 Å². The number of amides is 2. The van der Waals surface area contributed by atoms with Crippen LogP contribution in [0.5, 0.6) is 5.75 Å². The van der Waals surface area contributed by atoms with Crippen molar-refractivity contribution in [3.8, 4) is 5.75 Å². The molecule has 26 heavy (non-hydrogen) atoms. The van der Waals surface area contributed by atoms with Gasteiger partial charge in [-0.2, -0.15) is 0 Å². The lowest BCUT2D eigenvalue weighted by atomic mass is 10.1. The van der Waals surface area contributed by atoms with Gasteiger partial charge in [-0.1, -0.05) is 6.92 Å². The maximum atomic E-state index is 12.3. The van der Waals surface area contributed by atoms with E-state index >= 15 is 0 Å². The highest BCUT2D eigenvalue weighted by Crippen LogP contribution is 2.17. The van der Waals surface area contributed by atoms with E-state index in [1.807, 2.05) is 33.0 Å². The molecule has 3 N–H and O–H groups in total. The molecular weight excluding hydrogens is 330 g/mol. The van der Waals surface area contributed by atoms with Crippen molar-refractivity contribution in [1.29, 1.82) is 0 Å². The molecule has 0 saturated carbocycles. The first-order chi connectivity index (χ1) is 12.5. The number of carbonyl (C=O) groups is 2. The zero-order valence-electron chi connectivity index (χ0n) is 15.3. The molecule has 6 heteroatoms. The molecule has 138 valence electrons. The number of nitrogens with one attached hydrogen (secondary N) is 3. The maximum Gasteiger partial charge on any atom is 0.255 e. The van der Waals surface area contributed by atoms with Gasteiger partial charge in [0, 0.05) is 29.4 Å². The lowest BCUT2D eigenvalue weighted by molar-refractivity contribution is -0.119. The van der Waals surface area contributed by atoms with E-state index < -0.39 is 0 Å². The molecular formula is C20H25N3O3. The van der Waals surface area contributed by atoms with Crippen LogP contribution in [-0.2, 0) is 4.79 Å². The molecule has 0 radical (unpaired) electrons. The molecule has 6 nitrogen and oxygen atoms in total. The van der Waals surface area contributed by atoms with Crippen LogP contribution in [0.25, 0.3) is 0 Å². The van der Waals surface area contributed by atoms with Gasteiger partial charge in [-0.25, -0.2) is 0 Å². The number of hydrogen-bond donors (Lipinski definition) is 3. The van der Waals surface area contributed by atoms with Crippen molar-refractivity contribution >= 4 is 23.2 Å². The van der Waals surface area contributed by atoms with Crippen molar-refractivity contribution in [2.24, 2.45) is 5.92 Å². The molecule has 0 aromatic heterocycles. The van der Waals surface area contributed by atoms with Gasteiger partial charge >= 0.3 is 0 Å². The van der Waals surface area contributed by atoms with Crippen LogP contribution in [0.4, 0.5) is 11.4 Å². The van der Waals surface area contributed by atoms with Crippen LogP contribution < -0.4 is 20.7 Å². The lowest BCUT2D eigenvalue weighted by Gasteiger charge is -2.12. The summed E-state index contributed by atoms with van der Waals surface area (Å²) in [6.07, 6.45) is 0. The number of carbonyl (C=O) groups excluding carboxylic acids is 2. The summed E-state index contributed by atoms with van der Waals surface area (Å²) in [4.78, 5) is 24.3. The molecule has 2 rings (SSSR count). The van der Waals surface area contributed by atoms with E-state index in [-0.39, 0.29) is 17.7 Å². The van der Waals surface area contributed by atoms with E-state index in [0.717, 1.165) is 5.75 Å². The predicted molar refractivity (Wildman–Crippen MR) is 104 cm³/mol. The number of ether oxygens (including phenoxy) is 1. The van der Waals surface area contributed by atoms with Crippen LogP contribution in [0, 0.1) is 5.92 Å². The molecule has 0 aliphatic carbocycles. The summed E-state index contributed by atoms with van der Waals surface area (Å²) in [6, 6.07) is 14.0. The Hall–Kier alpha value is -2.86. The van der Waals surface area contributed by atoms with Crippen LogP contribution in [0.3, 0.4) is 0 Å². The molecule has 0 saturated heterocycles. The molecule has 0 fully saturated rings. The Labute approximate surface area is 153 Å². The van der Waals surface area contributed by atoms with Gasteiger partial charge in [-0.3, -0.25) is 9.59 Å². The second kappa shape index (κ2) is 9.58. The molecule has 1 atom stereocenters. The SMILES string of the molecule is CCOc1ccc(NC(=O)c2ccc(NC(=O)C(C)CNC)cc2)cc1. The van der Waals surface area contributed by atoms with Crippen molar-refractivity contribution in [2.75, 3.05) is 30.8 Å². The maximum absolute atomic E-state index is 12.3. The molecule has 2 aromatic rings. The van der Waals surface area contributed by atoms with Crippen molar-refractivity contribution in [3.63, 3.8) is 0 Å². The van der Waals surface area contributed by atoms with Crippen LogP contribution in [0.2, 0.25) is 0 Å². The van der Waals surface area contributed by atoms with Gasteiger partial charge in [0.05, 0.1) is 6.61 Å². The van der Waals surface area contributed by atoms with Crippen LogP contribution in [0.15, 0.2) is 48.5 Å². The molecule has 2 amide bonds. The minimum Gasteiger partial charge on any atom is -0.494 e. The minimum absolute atomic E-state index is 0.0639. The first-order valence-corrected chi connectivity index (χ1v) is 8.63. The Kier molecular flexibility index (Phi) is 7.17. The van der Waals surface area contributed by atoms with E-state index in [2.05, 4.69) is 16.0 Å². The quantitative estimate of drug-likeness (QED) is 0.680. The number of anilines is 2. The molecule has 2 aromatic carbocycles. The fourth-order valence-electron chi connectivity index (χ4n) is 2.37. The van der Waals surface area contributed by atoms with E-state index in [1.54, 1.807) is 36.4 Å². The summed E-state index contributed by atoms with van der Waals surface area (Å²) in [5, 5.41) is 8.64. The highest BCUT2D eigenvalue weighted by molar-refractivity contribution is 6.04. The fraction of sp³-hybridized carbons (Fsp3) is 0.300. The average Bonchev–Trinajstić information content (AvgIpc) is 2.64. The molecule has 0 heterocycles. The second-order valence-corrected chi connectivity index (χ2v) is 5.94. The second-order valence-electron chi connectivity index (χ2n) is 5.94. The zero-order chi connectivity index (χ0) is 18.9. The zero-order valence-corrected chi connectivity index (χ0v) is 15.3. The van der Waals surface area contributed by atoms with E-state index in [9.17, 15) is 9.59 Å². The smallest absolute Gasteiger partial charge is 0.255 e. The molecule has 1 unspecified atom stereocenters. The van der Waals surface area contributed by atoms with Crippen molar-refractivity contribution < 1.29 is 14.3 Å². The minimum atomic E-state index is -0.212. The standard InChI is InChI=1S/C20H25N3O3/c1-4-26-18-11-9-17(10-12-18)23-20(25)15-5-7-16(8-6-15)22-19(24)14(2)13-21-3/h5-12,14,21H,4,13H2,1-3H3,(H,22,24)(H,23,25). The summed E-state index contributed by atoms with van der Waals surface area (Å²) < 4.78 is 5.38. The Morgan fingerprint density at radius 2 is 1.54 bits per heavy atom. The van der Waals surface area contributed by atoms with E-state index in [0.29, 0.717) is 30.1 Å². The third-order valence-electron chi connectivity index (χ3n) is 3.80. The van der Waals surface area contributed by atoms with Gasteiger partial charge in [0.2, 0.25) is 5.91 Å². The van der Waals surface area contributed by atoms with Crippen molar-refractivity contribution in [2.45, 2.75) is 13.8 Å². The predicted octanol–water partition coefficient (Wildman–Crippen LogP) is 3.13. The Morgan fingerprint density at radius 3 is 2.12 bits per heavy atom. The van der Waals surface area contributed by atoms with Gasteiger partial charge in [0.1, 0.15) is 5.75 Å². The number of hydrogen-bond acceptors (Lipinski definition) is 4. The van der Waals surface area contributed by atoms with Gasteiger partial charge < -0.3 is 20.7 Å². The Morgan fingerprint density at radius 1 is 0.962 bits per heavy atom. The van der Waals surface area contributed by atoms with Gasteiger partial charge in [0.15, 0.2) is 0 Å². The highest BCUT2D eigenvalue weighted by atomic mass is 16.5. The van der Waals surface area contributed by atoms with Crippen molar-refractivity contribution in [3.05, 3.63) is 54.1 Å². The molecule has 0 spiro atoms. The molecule has 0 aliphatic rings. The topological polar surface area (TPSA) is 79.5 Å². The largest absolute Gasteiger partial charge is 0.494 e. The lowest BCUT2D eigenvalue weighted by Crippen LogP contribution is -2.28. The highest BCUT2D eigenvalue weighted by Gasteiger charge is 2.12. The number of benzene rings is 2. The summed E-state index contributed by atoms with van der Waals surface area (Å²) >= 11 is 0.